The third-order valence-electron chi connectivity index (χ3n) is 3.88. The third-order valence-corrected chi connectivity index (χ3v) is 3.88. The second-order valence-corrected chi connectivity index (χ2v) is 5.73. The summed E-state index contributed by atoms with van der Waals surface area (Å²) in [5.41, 5.74) is 0. The van der Waals surface area contributed by atoms with E-state index in [1.807, 2.05) is 0 Å². The molecule has 0 bridgehead atoms. The van der Waals surface area contributed by atoms with Gasteiger partial charge in [0, 0.05) is 31.3 Å². The van der Waals surface area contributed by atoms with Crippen LogP contribution in [0.3, 0.4) is 0 Å². The summed E-state index contributed by atoms with van der Waals surface area (Å²) < 4.78 is 5.15. The van der Waals surface area contributed by atoms with Crippen LogP contribution in [0.4, 0.5) is 0 Å². The van der Waals surface area contributed by atoms with Crippen molar-refractivity contribution in [2.45, 2.75) is 31.7 Å². The number of hydrogen-bond donors (Lipinski definition) is 1. The molecule has 23 heavy (non-hydrogen) atoms. The molecule has 0 aromatic carbocycles. The van der Waals surface area contributed by atoms with Crippen molar-refractivity contribution in [3.63, 3.8) is 0 Å². The molecule has 0 aliphatic carbocycles. The molecule has 3 heterocycles. The minimum Gasteiger partial charge on any atom is -0.353 e. The van der Waals surface area contributed by atoms with Crippen molar-refractivity contribution < 1.29 is 9.32 Å². The summed E-state index contributed by atoms with van der Waals surface area (Å²) in [7, 11) is 2.10. The van der Waals surface area contributed by atoms with Crippen LogP contribution in [0, 0.1) is 0 Å². The van der Waals surface area contributed by atoms with E-state index >= 15 is 0 Å². The number of amides is 1. The summed E-state index contributed by atoms with van der Waals surface area (Å²) in [4.78, 5) is 26.6. The molecule has 8 heteroatoms. The van der Waals surface area contributed by atoms with Gasteiger partial charge in [-0.05, 0) is 39.0 Å². The van der Waals surface area contributed by atoms with Gasteiger partial charge in [-0.2, -0.15) is 4.98 Å². The molecule has 2 aromatic heterocycles. The van der Waals surface area contributed by atoms with E-state index in [2.05, 4.69) is 37.4 Å². The predicted octanol–water partition coefficient (Wildman–Crippen LogP) is 0.670. The zero-order valence-electron chi connectivity index (χ0n) is 13.1. The molecule has 0 saturated carbocycles. The molecule has 0 spiro atoms. The zero-order chi connectivity index (χ0) is 16.1. The monoisotopic (exact) mass is 316 g/mol. The van der Waals surface area contributed by atoms with Gasteiger partial charge in [-0.25, -0.2) is 9.97 Å². The smallest absolute Gasteiger partial charge is 0.240 e. The molecular weight excluding hydrogens is 296 g/mol. The number of nitrogens with zero attached hydrogens (tertiary/aromatic N) is 5. The molecule has 1 N–H and O–H groups in total. The number of aromatic nitrogens is 4. The minimum atomic E-state index is 0.0234. The average Bonchev–Trinajstić information content (AvgIpc) is 3.05. The van der Waals surface area contributed by atoms with Crippen LogP contribution in [-0.2, 0) is 11.2 Å². The Morgan fingerprint density at radius 2 is 2.04 bits per heavy atom. The van der Waals surface area contributed by atoms with E-state index in [-0.39, 0.29) is 11.9 Å². The van der Waals surface area contributed by atoms with Crippen molar-refractivity contribution in [3.05, 3.63) is 24.4 Å². The first-order chi connectivity index (χ1) is 11.2. The summed E-state index contributed by atoms with van der Waals surface area (Å²) in [6.45, 7) is 2.05. The van der Waals surface area contributed by atoms with E-state index < -0.39 is 0 Å². The summed E-state index contributed by atoms with van der Waals surface area (Å²) in [5.74, 6) is 1.20. The molecule has 1 aliphatic rings. The van der Waals surface area contributed by atoms with Crippen LogP contribution in [0.15, 0.2) is 23.0 Å². The van der Waals surface area contributed by atoms with Gasteiger partial charge in [-0.3, -0.25) is 4.79 Å². The van der Waals surface area contributed by atoms with Crippen molar-refractivity contribution in [2.24, 2.45) is 0 Å². The van der Waals surface area contributed by atoms with E-state index in [0.717, 1.165) is 25.9 Å². The Bertz CT molecular complexity index is 636. The molecule has 0 radical (unpaired) electrons. The number of rotatable bonds is 5. The first-order valence-corrected chi connectivity index (χ1v) is 7.78. The number of carbonyl (C=O) groups excluding carboxylic acids is 1. The van der Waals surface area contributed by atoms with Crippen LogP contribution in [-0.4, -0.2) is 57.1 Å². The number of carbonyl (C=O) groups is 1. The molecule has 3 rings (SSSR count). The van der Waals surface area contributed by atoms with E-state index in [0.29, 0.717) is 30.4 Å². The summed E-state index contributed by atoms with van der Waals surface area (Å²) in [5, 5.41) is 6.91. The Labute approximate surface area is 134 Å². The van der Waals surface area contributed by atoms with Crippen LogP contribution < -0.4 is 5.32 Å². The van der Waals surface area contributed by atoms with Gasteiger partial charge in [0.25, 0.3) is 0 Å². The summed E-state index contributed by atoms with van der Waals surface area (Å²) in [6, 6.07) is 1.99. The van der Waals surface area contributed by atoms with Gasteiger partial charge in [-0.15, -0.1) is 0 Å². The Morgan fingerprint density at radius 3 is 2.78 bits per heavy atom. The van der Waals surface area contributed by atoms with Gasteiger partial charge in [0.15, 0.2) is 0 Å². The van der Waals surface area contributed by atoms with Crippen LogP contribution in [0.5, 0.6) is 0 Å². The quantitative estimate of drug-likeness (QED) is 0.865. The Kier molecular flexibility index (Phi) is 4.92. The fourth-order valence-electron chi connectivity index (χ4n) is 2.54. The maximum Gasteiger partial charge on any atom is 0.240 e. The standard InChI is InChI=1S/C15H20N6O2/c1-21-9-5-11(6-10-21)18-12(22)3-4-13-19-15(20-23-13)14-16-7-2-8-17-14/h2,7-8,11H,3-6,9-10H2,1H3,(H,18,22). The maximum atomic E-state index is 12.0. The van der Waals surface area contributed by atoms with Crippen LogP contribution >= 0.6 is 0 Å². The molecule has 1 fully saturated rings. The van der Waals surface area contributed by atoms with Gasteiger partial charge in [-0.1, -0.05) is 5.16 Å². The van der Waals surface area contributed by atoms with Crippen molar-refractivity contribution in [3.8, 4) is 11.6 Å². The fourth-order valence-corrected chi connectivity index (χ4v) is 2.54. The van der Waals surface area contributed by atoms with Gasteiger partial charge in [0.05, 0.1) is 0 Å². The average molecular weight is 316 g/mol. The largest absolute Gasteiger partial charge is 0.353 e. The van der Waals surface area contributed by atoms with Gasteiger partial charge < -0.3 is 14.7 Å². The SMILES string of the molecule is CN1CCC(NC(=O)CCc2nc(-c3ncccn3)no2)CC1. The highest BCUT2D eigenvalue weighted by Gasteiger charge is 2.19. The predicted molar refractivity (Wildman–Crippen MR) is 82.3 cm³/mol. The Morgan fingerprint density at radius 1 is 1.30 bits per heavy atom. The minimum absolute atomic E-state index is 0.0234. The number of piperidine rings is 1. The van der Waals surface area contributed by atoms with Gasteiger partial charge >= 0.3 is 0 Å². The van der Waals surface area contributed by atoms with Crippen molar-refractivity contribution >= 4 is 5.91 Å². The highest BCUT2D eigenvalue weighted by atomic mass is 16.5. The number of aryl methyl sites for hydroxylation is 1. The molecule has 122 valence electrons. The maximum absolute atomic E-state index is 12.0. The van der Waals surface area contributed by atoms with E-state index in [1.54, 1.807) is 18.5 Å². The van der Waals surface area contributed by atoms with E-state index in [9.17, 15) is 4.79 Å². The lowest BCUT2D eigenvalue weighted by Crippen LogP contribution is -2.43. The lowest BCUT2D eigenvalue weighted by Gasteiger charge is -2.29. The van der Waals surface area contributed by atoms with Crippen LogP contribution in [0.2, 0.25) is 0 Å². The highest BCUT2D eigenvalue weighted by molar-refractivity contribution is 5.76. The first kappa shape index (κ1) is 15.5. The Hall–Kier alpha value is -2.35. The van der Waals surface area contributed by atoms with E-state index in [4.69, 9.17) is 4.52 Å². The van der Waals surface area contributed by atoms with Crippen molar-refractivity contribution in [1.82, 2.24) is 30.3 Å². The molecule has 1 aliphatic heterocycles. The summed E-state index contributed by atoms with van der Waals surface area (Å²) in [6.07, 6.45) is 5.99. The first-order valence-electron chi connectivity index (χ1n) is 7.78. The fraction of sp³-hybridized carbons (Fsp3) is 0.533. The second-order valence-electron chi connectivity index (χ2n) is 5.73. The third kappa shape index (κ3) is 4.32. The Balaban J connectivity index is 1.47. The topological polar surface area (TPSA) is 97.0 Å². The van der Waals surface area contributed by atoms with Gasteiger partial charge in [0.1, 0.15) is 0 Å². The molecule has 2 aromatic rings. The highest BCUT2D eigenvalue weighted by Crippen LogP contribution is 2.11. The number of nitrogens with one attached hydrogen (secondary N) is 1. The molecular formula is C15H20N6O2. The van der Waals surface area contributed by atoms with Crippen LogP contribution in [0.1, 0.15) is 25.2 Å². The van der Waals surface area contributed by atoms with Gasteiger partial charge in [0.2, 0.25) is 23.4 Å². The molecule has 8 nitrogen and oxygen atoms in total. The van der Waals surface area contributed by atoms with Crippen molar-refractivity contribution in [1.29, 1.82) is 0 Å². The normalized spacial score (nSPS) is 16.4. The molecule has 1 amide bonds. The lowest BCUT2D eigenvalue weighted by molar-refractivity contribution is -0.122. The van der Waals surface area contributed by atoms with Crippen LogP contribution in [0.25, 0.3) is 11.6 Å². The molecule has 1 saturated heterocycles. The lowest BCUT2D eigenvalue weighted by atomic mass is 10.1. The van der Waals surface area contributed by atoms with Crippen molar-refractivity contribution in [2.75, 3.05) is 20.1 Å². The second kappa shape index (κ2) is 7.28. The van der Waals surface area contributed by atoms with E-state index in [1.165, 1.54) is 0 Å². The summed E-state index contributed by atoms with van der Waals surface area (Å²) >= 11 is 0. The zero-order valence-corrected chi connectivity index (χ0v) is 13.1. The molecule has 0 atom stereocenters. The number of likely N-dealkylation sites (tertiary alicyclic amines) is 1. The molecule has 0 unspecified atom stereocenters. The number of hydrogen-bond acceptors (Lipinski definition) is 7.